The lowest BCUT2D eigenvalue weighted by atomic mass is 10.0. The van der Waals surface area contributed by atoms with Crippen LogP contribution in [0.4, 0.5) is 0 Å². The topological polar surface area (TPSA) is 58.2 Å². The first-order chi connectivity index (χ1) is 7.83. The van der Waals surface area contributed by atoms with Gasteiger partial charge in [-0.1, -0.05) is 6.42 Å². The zero-order valence-corrected chi connectivity index (χ0v) is 10.5. The summed E-state index contributed by atoms with van der Waals surface area (Å²) in [6.45, 7) is 0. The number of amides is 1. The molecule has 1 heterocycles. The van der Waals surface area contributed by atoms with Gasteiger partial charge in [0.1, 0.15) is 6.29 Å². The van der Waals surface area contributed by atoms with E-state index >= 15 is 0 Å². The van der Waals surface area contributed by atoms with E-state index in [1.54, 1.807) is 0 Å². The summed E-state index contributed by atoms with van der Waals surface area (Å²) in [5.74, 6) is 0.975. The van der Waals surface area contributed by atoms with Crippen LogP contribution in [0.5, 0.6) is 0 Å². The van der Waals surface area contributed by atoms with Crippen LogP contribution in [0.3, 0.4) is 0 Å². The Labute approximate surface area is 101 Å². The van der Waals surface area contributed by atoms with Gasteiger partial charge in [-0.15, -0.1) is 0 Å². The van der Waals surface area contributed by atoms with Crippen LogP contribution in [0.2, 0.25) is 0 Å². The largest absolute Gasteiger partial charge is 0.353 e. The van der Waals surface area contributed by atoms with Gasteiger partial charge in [-0.25, -0.2) is 0 Å². The van der Waals surface area contributed by atoms with Gasteiger partial charge in [0.15, 0.2) is 0 Å². The van der Waals surface area contributed by atoms with E-state index in [1.807, 2.05) is 18.8 Å². The molecule has 0 saturated carbocycles. The van der Waals surface area contributed by atoms with Crippen LogP contribution in [-0.2, 0) is 9.59 Å². The summed E-state index contributed by atoms with van der Waals surface area (Å²) >= 11 is 1.91. The molecule has 92 valence electrons. The van der Waals surface area contributed by atoms with Crippen molar-refractivity contribution in [3.8, 4) is 0 Å². The first-order valence-electron chi connectivity index (χ1n) is 5.75. The third kappa shape index (κ3) is 3.79. The number of nitrogens with one attached hydrogen (secondary N) is 2. The number of unbranched alkanes of at least 4 members (excludes halogenated alkanes) is 2. The van der Waals surface area contributed by atoms with E-state index in [0.29, 0.717) is 17.7 Å². The molecule has 1 fully saturated rings. The van der Waals surface area contributed by atoms with Crippen LogP contribution in [0.1, 0.15) is 25.7 Å². The van der Waals surface area contributed by atoms with Crippen molar-refractivity contribution in [3.05, 3.63) is 0 Å². The standard InChI is InChI=1S/C11H20N2O2S/c1-12-11-9(13-8-15)7-16-10(11)5-3-2-4-6-14/h6,8-12H,2-5,7H2,1H3,(H,13,15). The Morgan fingerprint density at radius 3 is 2.81 bits per heavy atom. The zero-order chi connectivity index (χ0) is 11.8. The van der Waals surface area contributed by atoms with Crippen LogP contribution in [-0.4, -0.2) is 42.8 Å². The maximum atomic E-state index is 10.4. The minimum Gasteiger partial charge on any atom is -0.353 e. The average Bonchev–Trinajstić information content (AvgIpc) is 2.67. The highest BCUT2D eigenvalue weighted by molar-refractivity contribution is 8.00. The molecule has 1 amide bonds. The van der Waals surface area contributed by atoms with Crippen LogP contribution < -0.4 is 10.6 Å². The molecule has 0 aromatic rings. The Balaban J connectivity index is 2.30. The average molecular weight is 244 g/mol. The van der Waals surface area contributed by atoms with Crippen LogP contribution >= 0.6 is 11.8 Å². The van der Waals surface area contributed by atoms with E-state index in [9.17, 15) is 9.59 Å². The predicted molar refractivity (Wildman–Crippen MR) is 66.6 cm³/mol. The Hall–Kier alpha value is -0.550. The van der Waals surface area contributed by atoms with Gasteiger partial charge in [0.2, 0.25) is 6.41 Å². The molecule has 0 aliphatic carbocycles. The summed E-state index contributed by atoms with van der Waals surface area (Å²) in [4.78, 5) is 20.6. The van der Waals surface area contributed by atoms with Gasteiger partial charge < -0.3 is 15.4 Å². The van der Waals surface area contributed by atoms with Gasteiger partial charge >= 0.3 is 0 Å². The Morgan fingerprint density at radius 1 is 1.38 bits per heavy atom. The molecule has 2 N–H and O–H groups in total. The molecule has 1 aliphatic rings. The molecule has 0 radical (unpaired) electrons. The van der Waals surface area contributed by atoms with E-state index in [1.165, 1.54) is 0 Å². The van der Waals surface area contributed by atoms with E-state index in [0.717, 1.165) is 37.7 Å². The summed E-state index contributed by atoms with van der Waals surface area (Å²) in [5.41, 5.74) is 0. The van der Waals surface area contributed by atoms with Gasteiger partial charge in [-0.05, 0) is 19.9 Å². The van der Waals surface area contributed by atoms with Crippen LogP contribution in [0.15, 0.2) is 0 Å². The number of thioether (sulfide) groups is 1. The molecule has 1 aliphatic heterocycles. The Morgan fingerprint density at radius 2 is 2.19 bits per heavy atom. The summed E-state index contributed by atoms with van der Waals surface area (Å²) in [6, 6.07) is 0.593. The molecule has 5 heteroatoms. The maximum Gasteiger partial charge on any atom is 0.207 e. The fraction of sp³-hybridized carbons (Fsp3) is 0.818. The predicted octanol–water partition coefficient (Wildman–Crippen LogP) is 0.564. The lowest BCUT2D eigenvalue weighted by Crippen LogP contribution is -2.48. The molecule has 3 atom stereocenters. The molecular weight excluding hydrogens is 224 g/mol. The molecule has 0 aromatic carbocycles. The van der Waals surface area contributed by atoms with E-state index < -0.39 is 0 Å². The second kappa shape index (κ2) is 7.68. The van der Waals surface area contributed by atoms with Crippen molar-refractivity contribution >= 4 is 24.5 Å². The van der Waals surface area contributed by atoms with E-state index in [2.05, 4.69) is 10.6 Å². The fourth-order valence-corrected chi connectivity index (χ4v) is 3.78. The van der Waals surface area contributed by atoms with Crippen molar-refractivity contribution in [3.63, 3.8) is 0 Å². The number of carbonyl (C=O) groups excluding carboxylic acids is 2. The lowest BCUT2D eigenvalue weighted by Gasteiger charge is -2.22. The quantitative estimate of drug-likeness (QED) is 0.484. The third-order valence-corrected chi connectivity index (χ3v) is 4.51. The second-order valence-electron chi connectivity index (χ2n) is 4.03. The number of hydrogen-bond donors (Lipinski definition) is 2. The number of aldehydes is 1. The molecule has 4 nitrogen and oxygen atoms in total. The molecule has 1 saturated heterocycles. The molecule has 0 spiro atoms. The van der Waals surface area contributed by atoms with Crippen molar-refractivity contribution < 1.29 is 9.59 Å². The second-order valence-corrected chi connectivity index (χ2v) is 5.30. The summed E-state index contributed by atoms with van der Waals surface area (Å²) in [7, 11) is 1.94. The summed E-state index contributed by atoms with van der Waals surface area (Å²) in [5, 5.41) is 6.69. The van der Waals surface area contributed by atoms with Gasteiger partial charge in [0, 0.05) is 23.5 Å². The van der Waals surface area contributed by atoms with Crippen molar-refractivity contribution in [1.29, 1.82) is 0 Å². The first-order valence-corrected chi connectivity index (χ1v) is 6.80. The minimum atomic E-state index is 0.239. The smallest absolute Gasteiger partial charge is 0.207 e. The summed E-state index contributed by atoms with van der Waals surface area (Å²) in [6.07, 6.45) is 5.60. The Kier molecular flexibility index (Phi) is 6.49. The van der Waals surface area contributed by atoms with Crippen LogP contribution in [0.25, 0.3) is 0 Å². The minimum absolute atomic E-state index is 0.239. The SMILES string of the molecule is CNC1C(NC=O)CSC1CCCCC=O. The van der Waals surface area contributed by atoms with Gasteiger partial charge in [-0.2, -0.15) is 11.8 Å². The van der Waals surface area contributed by atoms with Gasteiger partial charge in [0.25, 0.3) is 0 Å². The van der Waals surface area contributed by atoms with Gasteiger partial charge in [-0.3, -0.25) is 4.79 Å². The normalized spacial score (nSPS) is 28.9. The molecular formula is C11H20N2O2S. The molecule has 0 bridgehead atoms. The number of rotatable bonds is 8. The van der Waals surface area contributed by atoms with E-state index in [-0.39, 0.29) is 6.04 Å². The third-order valence-electron chi connectivity index (χ3n) is 3.00. The van der Waals surface area contributed by atoms with Crippen molar-refractivity contribution in [2.24, 2.45) is 0 Å². The summed E-state index contributed by atoms with van der Waals surface area (Å²) < 4.78 is 0. The van der Waals surface area contributed by atoms with Crippen molar-refractivity contribution in [2.45, 2.75) is 43.0 Å². The monoisotopic (exact) mass is 244 g/mol. The Bertz CT molecular complexity index is 226. The van der Waals surface area contributed by atoms with E-state index in [4.69, 9.17) is 0 Å². The van der Waals surface area contributed by atoms with Crippen LogP contribution in [0, 0.1) is 0 Å². The number of likely N-dealkylation sites (N-methyl/N-ethyl adjacent to an activating group) is 1. The highest BCUT2D eigenvalue weighted by atomic mass is 32.2. The molecule has 1 rings (SSSR count). The number of hydrogen-bond acceptors (Lipinski definition) is 4. The van der Waals surface area contributed by atoms with Crippen molar-refractivity contribution in [2.75, 3.05) is 12.8 Å². The lowest BCUT2D eigenvalue weighted by molar-refractivity contribution is -0.110. The highest BCUT2D eigenvalue weighted by Crippen LogP contribution is 2.30. The number of carbonyl (C=O) groups is 2. The maximum absolute atomic E-state index is 10.4. The zero-order valence-electron chi connectivity index (χ0n) is 9.65. The highest BCUT2D eigenvalue weighted by Gasteiger charge is 2.34. The fourth-order valence-electron chi connectivity index (χ4n) is 2.16. The molecule has 16 heavy (non-hydrogen) atoms. The van der Waals surface area contributed by atoms with Gasteiger partial charge in [0.05, 0.1) is 6.04 Å². The molecule has 0 aromatic heterocycles. The first kappa shape index (κ1) is 13.5. The van der Waals surface area contributed by atoms with Crippen molar-refractivity contribution in [1.82, 2.24) is 10.6 Å². The molecule has 3 unspecified atom stereocenters.